The van der Waals surface area contributed by atoms with Gasteiger partial charge in [0, 0.05) is 6.54 Å². The molecule has 0 heterocycles. The highest BCUT2D eigenvalue weighted by atomic mass is 16.3. The summed E-state index contributed by atoms with van der Waals surface area (Å²) in [5, 5.41) is 12.7. The average molecular weight is 283 g/mol. The molecule has 2 N–H and O–H groups in total. The molecule has 3 nitrogen and oxygen atoms in total. The molecule has 3 heteroatoms. The van der Waals surface area contributed by atoms with Gasteiger partial charge in [-0.1, -0.05) is 54.1 Å². The maximum absolute atomic E-state index is 11.9. The fourth-order valence-corrected chi connectivity index (χ4v) is 2.33. The van der Waals surface area contributed by atoms with E-state index >= 15 is 0 Å². The number of hydrogen-bond donors (Lipinski definition) is 2. The second-order valence-electron chi connectivity index (χ2n) is 5.28. The van der Waals surface area contributed by atoms with Gasteiger partial charge in [0.1, 0.15) is 0 Å². The van der Waals surface area contributed by atoms with Gasteiger partial charge in [-0.3, -0.25) is 4.79 Å². The van der Waals surface area contributed by atoms with E-state index in [1.54, 1.807) is 12.1 Å². The number of rotatable bonds is 5. The monoisotopic (exact) mass is 283 g/mol. The smallest absolute Gasteiger partial charge is 0.253 e. The lowest BCUT2D eigenvalue weighted by Gasteiger charge is -2.12. The fourth-order valence-electron chi connectivity index (χ4n) is 2.33. The molecule has 2 rings (SSSR count). The van der Waals surface area contributed by atoms with Gasteiger partial charge < -0.3 is 10.4 Å². The van der Waals surface area contributed by atoms with Crippen LogP contribution in [-0.4, -0.2) is 17.6 Å². The number of benzene rings is 2. The van der Waals surface area contributed by atoms with Crippen LogP contribution in [0.2, 0.25) is 0 Å². The van der Waals surface area contributed by atoms with E-state index in [1.165, 1.54) is 16.7 Å². The predicted octanol–water partition coefficient (Wildman–Crippen LogP) is 2.70. The van der Waals surface area contributed by atoms with Crippen molar-refractivity contribution in [3.8, 4) is 0 Å². The number of carbonyl (C=O) groups is 1. The Labute approximate surface area is 125 Å². The lowest BCUT2D eigenvalue weighted by Crippen LogP contribution is -2.31. The van der Waals surface area contributed by atoms with E-state index in [2.05, 4.69) is 37.4 Å². The number of aliphatic hydroxyl groups is 1. The van der Waals surface area contributed by atoms with Crippen molar-refractivity contribution in [2.75, 3.05) is 6.54 Å². The number of amides is 1. The van der Waals surface area contributed by atoms with Crippen LogP contribution in [0.1, 0.15) is 28.4 Å². The summed E-state index contributed by atoms with van der Waals surface area (Å²) in [4.78, 5) is 11.9. The third-order valence-electron chi connectivity index (χ3n) is 3.56. The van der Waals surface area contributed by atoms with Crippen molar-refractivity contribution in [3.05, 3.63) is 70.8 Å². The van der Waals surface area contributed by atoms with Crippen LogP contribution in [0.15, 0.2) is 48.5 Å². The first-order valence-electron chi connectivity index (χ1n) is 7.15. The summed E-state index contributed by atoms with van der Waals surface area (Å²) in [6.45, 7) is 4.66. The quantitative estimate of drug-likeness (QED) is 0.886. The van der Waals surface area contributed by atoms with E-state index in [0.29, 0.717) is 12.1 Å². The molecule has 21 heavy (non-hydrogen) atoms. The van der Waals surface area contributed by atoms with Gasteiger partial charge in [0.25, 0.3) is 5.91 Å². The van der Waals surface area contributed by atoms with Gasteiger partial charge >= 0.3 is 0 Å². The standard InChI is InChI=1S/C18H21NO2/c1-13-8-9-15(14(2)12-13)10-11-19-18(21)17(20)16-6-4-3-5-7-16/h3-9,12,17,20H,10-11H2,1-2H3,(H,19,21). The molecular weight excluding hydrogens is 262 g/mol. The van der Waals surface area contributed by atoms with E-state index in [4.69, 9.17) is 0 Å². The number of carbonyl (C=O) groups excluding carboxylic acids is 1. The summed E-state index contributed by atoms with van der Waals surface area (Å²) in [5.41, 5.74) is 4.30. The van der Waals surface area contributed by atoms with Crippen LogP contribution in [0.25, 0.3) is 0 Å². The first-order chi connectivity index (χ1) is 10.1. The molecule has 0 aliphatic carbocycles. The van der Waals surface area contributed by atoms with Crippen LogP contribution in [-0.2, 0) is 11.2 Å². The highest BCUT2D eigenvalue weighted by molar-refractivity contribution is 5.81. The Morgan fingerprint density at radius 2 is 1.86 bits per heavy atom. The average Bonchev–Trinajstić information content (AvgIpc) is 2.49. The minimum absolute atomic E-state index is 0.356. The SMILES string of the molecule is Cc1ccc(CCNC(=O)C(O)c2ccccc2)c(C)c1. The molecule has 2 aromatic carbocycles. The summed E-state index contributed by atoms with van der Waals surface area (Å²) in [6.07, 6.45) is -0.343. The highest BCUT2D eigenvalue weighted by Crippen LogP contribution is 2.13. The Hall–Kier alpha value is -2.13. The van der Waals surface area contributed by atoms with Crippen molar-refractivity contribution >= 4 is 5.91 Å². The van der Waals surface area contributed by atoms with Crippen LogP contribution < -0.4 is 5.32 Å². The van der Waals surface area contributed by atoms with Crippen molar-refractivity contribution in [3.63, 3.8) is 0 Å². The zero-order valence-corrected chi connectivity index (χ0v) is 12.5. The molecule has 1 amide bonds. The van der Waals surface area contributed by atoms with Crippen molar-refractivity contribution in [1.82, 2.24) is 5.32 Å². The van der Waals surface area contributed by atoms with Crippen molar-refractivity contribution < 1.29 is 9.90 Å². The van der Waals surface area contributed by atoms with Crippen LogP contribution in [0, 0.1) is 13.8 Å². The topological polar surface area (TPSA) is 49.3 Å². The molecule has 2 aromatic rings. The number of aryl methyl sites for hydroxylation is 2. The zero-order chi connectivity index (χ0) is 15.2. The molecule has 0 spiro atoms. The Morgan fingerprint density at radius 3 is 2.52 bits per heavy atom. The van der Waals surface area contributed by atoms with Crippen LogP contribution >= 0.6 is 0 Å². The van der Waals surface area contributed by atoms with Crippen molar-refractivity contribution in [1.29, 1.82) is 0 Å². The molecule has 0 aromatic heterocycles. The Balaban J connectivity index is 1.87. The molecule has 0 fully saturated rings. The molecule has 0 radical (unpaired) electrons. The first kappa shape index (κ1) is 15.3. The largest absolute Gasteiger partial charge is 0.378 e. The molecule has 0 bridgehead atoms. The summed E-state index contributed by atoms with van der Waals surface area (Å²) in [6, 6.07) is 15.3. The van der Waals surface area contributed by atoms with Gasteiger partial charge in [-0.05, 0) is 37.0 Å². The molecule has 0 aliphatic heterocycles. The number of aliphatic hydroxyl groups excluding tert-OH is 1. The minimum atomic E-state index is -1.11. The zero-order valence-electron chi connectivity index (χ0n) is 12.5. The van der Waals surface area contributed by atoms with Gasteiger partial charge in [0.15, 0.2) is 6.10 Å². The molecule has 0 saturated carbocycles. The van der Waals surface area contributed by atoms with Gasteiger partial charge in [-0.25, -0.2) is 0 Å². The molecule has 0 saturated heterocycles. The van der Waals surface area contributed by atoms with E-state index in [1.807, 2.05) is 18.2 Å². The predicted molar refractivity (Wildman–Crippen MR) is 84.0 cm³/mol. The van der Waals surface area contributed by atoms with Gasteiger partial charge in [0.05, 0.1) is 0 Å². The van der Waals surface area contributed by atoms with Crippen LogP contribution in [0.3, 0.4) is 0 Å². The van der Waals surface area contributed by atoms with E-state index in [-0.39, 0.29) is 5.91 Å². The summed E-state index contributed by atoms with van der Waals surface area (Å²) in [7, 11) is 0. The first-order valence-corrected chi connectivity index (χ1v) is 7.15. The van der Waals surface area contributed by atoms with E-state index in [9.17, 15) is 9.90 Å². The summed E-state index contributed by atoms with van der Waals surface area (Å²) < 4.78 is 0. The maximum atomic E-state index is 11.9. The normalized spacial score (nSPS) is 12.0. The molecule has 1 unspecified atom stereocenters. The highest BCUT2D eigenvalue weighted by Gasteiger charge is 2.16. The fraction of sp³-hybridized carbons (Fsp3) is 0.278. The van der Waals surface area contributed by atoms with Crippen LogP contribution in [0.4, 0.5) is 0 Å². The van der Waals surface area contributed by atoms with Gasteiger partial charge in [-0.2, -0.15) is 0 Å². The van der Waals surface area contributed by atoms with Crippen molar-refractivity contribution in [2.24, 2.45) is 0 Å². The second kappa shape index (κ2) is 7.04. The Morgan fingerprint density at radius 1 is 1.14 bits per heavy atom. The molecular formula is C18H21NO2. The molecule has 110 valence electrons. The second-order valence-corrected chi connectivity index (χ2v) is 5.28. The molecule has 1 atom stereocenters. The maximum Gasteiger partial charge on any atom is 0.253 e. The summed E-state index contributed by atoms with van der Waals surface area (Å²) in [5.74, 6) is -0.356. The van der Waals surface area contributed by atoms with E-state index < -0.39 is 6.10 Å². The van der Waals surface area contributed by atoms with Crippen molar-refractivity contribution in [2.45, 2.75) is 26.4 Å². The Bertz CT molecular complexity index is 608. The van der Waals surface area contributed by atoms with Gasteiger partial charge in [0.2, 0.25) is 0 Å². The lowest BCUT2D eigenvalue weighted by atomic mass is 10.0. The van der Waals surface area contributed by atoms with Crippen LogP contribution in [0.5, 0.6) is 0 Å². The summed E-state index contributed by atoms with van der Waals surface area (Å²) >= 11 is 0. The lowest BCUT2D eigenvalue weighted by molar-refractivity contribution is -0.129. The minimum Gasteiger partial charge on any atom is -0.378 e. The third-order valence-corrected chi connectivity index (χ3v) is 3.56. The van der Waals surface area contributed by atoms with Gasteiger partial charge in [-0.15, -0.1) is 0 Å². The molecule has 0 aliphatic rings. The third kappa shape index (κ3) is 4.17. The Kier molecular flexibility index (Phi) is 5.12. The number of nitrogens with one attached hydrogen (secondary N) is 1. The number of hydrogen-bond acceptors (Lipinski definition) is 2. The van der Waals surface area contributed by atoms with E-state index in [0.717, 1.165) is 6.42 Å².